The summed E-state index contributed by atoms with van der Waals surface area (Å²) in [5.74, 6) is -1.37. The van der Waals surface area contributed by atoms with Gasteiger partial charge in [-0.25, -0.2) is 14.4 Å². The molecule has 0 aromatic carbocycles. The van der Waals surface area contributed by atoms with E-state index in [2.05, 4.69) is 9.47 Å². The Morgan fingerprint density at radius 3 is 2.10 bits per heavy atom. The summed E-state index contributed by atoms with van der Waals surface area (Å²) in [6.07, 6.45) is -1.95. The molecule has 0 aromatic rings. The fourth-order valence-corrected chi connectivity index (χ4v) is 1.63. The van der Waals surface area contributed by atoms with Crippen LogP contribution in [0.3, 0.4) is 0 Å². The highest BCUT2D eigenvalue weighted by Gasteiger charge is 2.47. The highest BCUT2D eigenvalue weighted by Crippen LogP contribution is 2.25. The van der Waals surface area contributed by atoms with Crippen molar-refractivity contribution in [2.24, 2.45) is 0 Å². The van der Waals surface area contributed by atoms with Gasteiger partial charge < -0.3 is 14.2 Å². The first-order valence-corrected chi connectivity index (χ1v) is 6.04. The van der Waals surface area contributed by atoms with E-state index in [0.29, 0.717) is 0 Å². The molecule has 0 aromatic heterocycles. The van der Waals surface area contributed by atoms with E-state index in [1.165, 1.54) is 14.2 Å². The van der Waals surface area contributed by atoms with Crippen molar-refractivity contribution in [2.45, 2.75) is 44.9 Å². The van der Waals surface area contributed by atoms with Gasteiger partial charge in [0.05, 0.1) is 14.2 Å². The smallest absolute Gasteiger partial charge is 0.435 e. The molecule has 1 rings (SSSR count). The summed E-state index contributed by atoms with van der Waals surface area (Å²) >= 11 is 0. The molecule has 0 bridgehead atoms. The normalized spacial score (nSPS) is 22.4. The molecule has 1 heterocycles. The Morgan fingerprint density at radius 1 is 1.10 bits per heavy atom. The number of hydrogen-bond donors (Lipinski definition) is 0. The summed E-state index contributed by atoms with van der Waals surface area (Å²) in [7, 11) is 2.37. The molecule has 0 spiro atoms. The van der Waals surface area contributed by atoms with Crippen LogP contribution >= 0.6 is 0 Å². The van der Waals surface area contributed by atoms with E-state index in [0.717, 1.165) is 5.06 Å². The first-order chi connectivity index (χ1) is 9.19. The Kier molecular flexibility index (Phi) is 4.93. The van der Waals surface area contributed by atoms with Gasteiger partial charge in [-0.05, 0) is 20.8 Å². The van der Waals surface area contributed by atoms with Gasteiger partial charge >= 0.3 is 18.0 Å². The zero-order valence-corrected chi connectivity index (χ0v) is 12.2. The molecule has 1 fully saturated rings. The summed E-state index contributed by atoms with van der Waals surface area (Å²) in [6.45, 7) is 5.02. The Balaban J connectivity index is 2.87. The molecule has 1 aliphatic rings. The number of nitrogens with zero attached hydrogens (tertiary/aromatic N) is 1. The predicted molar refractivity (Wildman–Crippen MR) is 65.4 cm³/mol. The lowest BCUT2D eigenvalue weighted by Gasteiger charge is -2.25. The van der Waals surface area contributed by atoms with Gasteiger partial charge in [-0.15, -0.1) is 0 Å². The molecule has 0 N–H and O–H groups in total. The largest absolute Gasteiger partial charge is 0.467 e. The minimum absolute atomic E-state index is 0.0431. The van der Waals surface area contributed by atoms with E-state index in [4.69, 9.17) is 9.57 Å². The molecule has 1 amide bonds. The first kappa shape index (κ1) is 16.2. The summed E-state index contributed by atoms with van der Waals surface area (Å²) in [5.41, 5.74) is -0.759. The Bertz CT molecular complexity index is 401. The van der Waals surface area contributed by atoms with E-state index in [1.54, 1.807) is 20.8 Å². The van der Waals surface area contributed by atoms with Gasteiger partial charge in [-0.1, -0.05) is 0 Å². The van der Waals surface area contributed by atoms with Gasteiger partial charge in [0.2, 0.25) is 0 Å². The van der Waals surface area contributed by atoms with Crippen molar-refractivity contribution in [3.8, 4) is 0 Å². The molecule has 114 valence electrons. The molecular weight excluding hydrogens is 270 g/mol. The van der Waals surface area contributed by atoms with Crippen LogP contribution in [-0.2, 0) is 28.6 Å². The highest BCUT2D eigenvalue weighted by molar-refractivity contribution is 5.84. The van der Waals surface area contributed by atoms with Crippen LogP contribution in [0, 0.1) is 0 Å². The van der Waals surface area contributed by atoms with Crippen LogP contribution in [0.5, 0.6) is 0 Å². The third kappa shape index (κ3) is 3.83. The first-order valence-electron chi connectivity index (χ1n) is 6.04. The van der Waals surface area contributed by atoms with Crippen LogP contribution in [0.2, 0.25) is 0 Å². The molecule has 0 aliphatic carbocycles. The number of ether oxygens (including phenoxy) is 3. The molecule has 8 heteroatoms. The maximum absolute atomic E-state index is 12.0. The molecule has 8 nitrogen and oxygen atoms in total. The maximum atomic E-state index is 12.0. The van der Waals surface area contributed by atoms with E-state index < -0.39 is 35.8 Å². The lowest BCUT2D eigenvalue weighted by Crippen LogP contribution is -2.43. The molecular formula is C12H19NO7. The minimum atomic E-state index is -1.04. The zero-order chi connectivity index (χ0) is 15.5. The molecule has 20 heavy (non-hydrogen) atoms. The number of rotatable bonds is 2. The quantitative estimate of drug-likeness (QED) is 0.544. The second-order valence-corrected chi connectivity index (χ2v) is 5.20. The summed E-state index contributed by atoms with van der Waals surface area (Å²) in [5, 5.41) is 0.721. The number of carbonyl (C=O) groups excluding carboxylic acids is 3. The fraction of sp³-hybridized carbons (Fsp3) is 0.750. The number of carbonyl (C=O) groups is 3. The van der Waals surface area contributed by atoms with Crippen molar-refractivity contribution < 1.29 is 33.4 Å². The van der Waals surface area contributed by atoms with E-state index in [-0.39, 0.29) is 6.42 Å². The van der Waals surface area contributed by atoms with Crippen LogP contribution in [0.15, 0.2) is 0 Å². The van der Waals surface area contributed by atoms with Crippen LogP contribution in [0.25, 0.3) is 0 Å². The molecule has 0 radical (unpaired) electrons. The van der Waals surface area contributed by atoms with Gasteiger partial charge in [0, 0.05) is 6.42 Å². The van der Waals surface area contributed by atoms with E-state index in [1.807, 2.05) is 0 Å². The number of hydroxylamine groups is 2. The van der Waals surface area contributed by atoms with Gasteiger partial charge in [-0.3, -0.25) is 4.84 Å². The minimum Gasteiger partial charge on any atom is -0.467 e. The molecule has 2 atom stereocenters. The highest BCUT2D eigenvalue weighted by atomic mass is 16.8. The molecule has 1 aliphatic heterocycles. The van der Waals surface area contributed by atoms with Crippen molar-refractivity contribution in [3.63, 3.8) is 0 Å². The summed E-state index contributed by atoms with van der Waals surface area (Å²) in [6, 6.07) is -1.04. The lowest BCUT2D eigenvalue weighted by molar-refractivity contribution is -0.185. The fourth-order valence-electron chi connectivity index (χ4n) is 1.63. The van der Waals surface area contributed by atoms with E-state index >= 15 is 0 Å². The Morgan fingerprint density at radius 2 is 1.65 bits per heavy atom. The SMILES string of the molecule is COC(=O)[C@@H]1C[C@H](C(=O)OC)N(C(=O)OC(C)(C)C)O1. The average molecular weight is 289 g/mol. The third-order valence-electron chi connectivity index (χ3n) is 2.47. The summed E-state index contributed by atoms with van der Waals surface area (Å²) < 4.78 is 14.2. The van der Waals surface area contributed by atoms with Gasteiger partial charge in [0.1, 0.15) is 5.60 Å². The monoisotopic (exact) mass is 289 g/mol. The van der Waals surface area contributed by atoms with E-state index in [9.17, 15) is 14.4 Å². The van der Waals surface area contributed by atoms with Gasteiger partial charge in [0.25, 0.3) is 0 Å². The third-order valence-corrected chi connectivity index (χ3v) is 2.47. The van der Waals surface area contributed by atoms with Crippen molar-refractivity contribution >= 4 is 18.0 Å². The van der Waals surface area contributed by atoms with Crippen molar-refractivity contribution in [1.82, 2.24) is 5.06 Å². The van der Waals surface area contributed by atoms with Crippen LogP contribution in [-0.4, -0.2) is 55.1 Å². The maximum Gasteiger partial charge on any atom is 0.435 e. The van der Waals surface area contributed by atoms with Crippen LogP contribution < -0.4 is 0 Å². The van der Waals surface area contributed by atoms with Crippen molar-refractivity contribution in [1.29, 1.82) is 0 Å². The topological polar surface area (TPSA) is 91.4 Å². The van der Waals surface area contributed by atoms with Crippen LogP contribution in [0.4, 0.5) is 4.79 Å². The zero-order valence-electron chi connectivity index (χ0n) is 12.2. The van der Waals surface area contributed by atoms with Gasteiger partial charge in [-0.2, -0.15) is 5.06 Å². The Labute approximate surface area is 116 Å². The summed E-state index contributed by atoms with van der Waals surface area (Å²) in [4.78, 5) is 40.2. The Hall–Kier alpha value is -1.83. The number of amides is 1. The number of methoxy groups -OCH3 is 2. The number of hydrogen-bond acceptors (Lipinski definition) is 7. The van der Waals surface area contributed by atoms with Crippen molar-refractivity contribution in [3.05, 3.63) is 0 Å². The van der Waals surface area contributed by atoms with Crippen molar-refractivity contribution in [2.75, 3.05) is 14.2 Å². The standard InChI is InChI=1S/C12H19NO7/c1-12(2,3)19-11(16)13-7(9(14)17-4)6-8(20-13)10(15)18-5/h7-8H,6H2,1-5H3/t7-,8+/m1/s1. The number of esters is 2. The second kappa shape index (κ2) is 6.08. The second-order valence-electron chi connectivity index (χ2n) is 5.20. The van der Waals surface area contributed by atoms with Gasteiger partial charge in [0.15, 0.2) is 12.1 Å². The molecule has 0 unspecified atom stereocenters. The molecule has 0 saturated carbocycles. The average Bonchev–Trinajstić information content (AvgIpc) is 2.79. The van der Waals surface area contributed by atoms with Crippen LogP contribution in [0.1, 0.15) is 27.2 Å². The lowest BCUT2D eigenvalue weighted by atomic mass is 10.1. The predicted octanol–water partition coefficient (Wildman–Crippen LogP) is 0.642. The molecule has 1 saturated heterocycles.